The lowest BCUT2D eigenvalue weighted by Gasteiger charge is -2.25. The fourth-order valence-corrected chi connectivity index (χ4v) is 1.72. The van der Waals surface area contributed by atoms with Gasteiger partial charge in [0.25, 0.3) is 0 Å². The molecule has 0 bridgehead atoms. The monoisotopic (exact) mass is 192 g/mol. The molecule has 3 heterocycles. The zero-order valence-corrected chi connectivity index (χ0v) is 7.15. The van der Waals surface area contributed by atoms with Gasteiger partial charge in [-0.3, -0.25) is 0 Å². The van der Waals surface area contributed by atoms with Crippen LogP contribution in [0.25, 0.3) is 0 Å². The zero-order valence-electron chi connectivity index (χ0n) is 7.15. The van der Waals surface area contributed by atoms with Crippen LogP contribution >= 0.6 is 0 Å². The fraction of sp³-hybridized carbons (Fsp3) is 0.250. The number of aliphatic hydroxyl groups is 2. The van der Waals surface area contributed by atoms with Crippen molar-refractivity contribution in [2.75, 3.05) is 0 Å². The van der Waals surface area contributed by atoms with E-state index in [1.165, 1.54) is 21.8 Å². The van der Waals surface area contributed by atoms with Crippen molar-refractivity contribution in [1.29, 1.82) is 0 Å². The molecule has 0 aromatic carbocycles. The Kier molecular flexibility index (Phi) is 1.34. The molecular formula is C8H8N4O2. The first-order valence-electron chi connectivity index (χ1n) is 4.22. The number of rotatable bonds is 0. The van der Waals surface area contributed by atoms with Crippen molar-refractivity contribution in [3.05, 3.63) is 35.9 Å². The second-order valence-corrected chi connectivity index (χ2v) is 3.15. The van der Waals surface area contributed by atoms with Crippen LogP contribution in [0.15, 0.2) is 24.5 Å². The minimum Gasteiger partial charge on any atom is -0.367 e. The summed E-state index contributed by atoms with van der Waals surface area (Å²) in [6.45, 7) is 0. The molecule has 0 saturated carbocycles. The Balaban J connectivity index is 2.26. The van der Waals surface area contributed by atoms with Gasteiger partial charge in [0.05, 0.1) is 11.4 Å². The first-order valence-corrected chi connectivity index (χ1v) is 4.22. The second kappa shape index (κ2) is 2.43. The standard InChI is InChI=1S/C8H8N4O2/c13-7-5-1-3-9-11(5)8(14)6-2-4-10-12(6)7/h1-4,7-8,13-14H. The Morgan fingerprint density at radius 3 is 1.79 bits per heavy atom. The summed E-state index contributed by atoms with van der Waals surface area (Å²) in [4.78, 5) is 0. The van der Waals surface area contributed by atoms with E-state index in [4.69, 9.17) is 0 Å². The number of hydrogen-bond acceptors (Lipinski definition) is 4. The summed E-state index contributed by atoms with van der Waals surface area (Å²) >= 11 is 0. The maximum absolute atomic E-state index is 9.84. The number of aromatic nitrogens is 4. The van der Waals surface area contributed by atoms with Crippen LogP contribution < -0.4 is 0 Å². The van der Waals surface area contributed by atoms with Crippen molar-refractivity contribution in [3.8, 4) is 0 Å². The number of fused-ring (bicyclic) bond motifs is 2. The predicted molar refractivity (Wildman–Crippen MR) is 45.2 cm³/mol. The summed E-state index contributed by atoms with van der Waals surface area (Å²) in [6, 6.07) is 3.30. The molecule has 6 heteroatoms. The van der Waals surface area contributed by atoms with Gasteiger partial charge in [-0.2, -0.15) is 10.2 Å². The second-order valence-electron chi connectivity index (χ2n) is 3.15. The Morgan fingerprint density at radius 2 is 1.36 bits per heavy atom. The quantitative estimate of drug-likeness (QED) is 0.588. The summed E-state index contributed by atoms with van der Waals surface area (Å²) in [5, 5.41) is 27.5. The Morgan fingerprint density at radius 1 is 0.929 bits per heavy atom. The third-order valence-electron chi connectivity index (χ3n) is 2.39. The minimum atomic E-state index is -0.870. The first-order chi connectivity index (χ1) is 6.79. The van der Waals surface area contributed by atoms with Gasteiger partial charge in [-0.25, -0.2) is 9.36 Å². The maximum atomic E-state index is 9.84. The number of nitrogens with zero attached hydrogens (tertiary/aromatic N) is 4. The lowest BCUT2D eigenvalue weighted by Crippen LogP contribution is -2.29. The molecule has 2 unspecified atom stereocenters. The third-order valence-corrected chi connectivity index (χ3v) is 2.39. The van der Waals surface area contributed by atoms with Crippen molar-refractivity contribution >= 4 is 0 Å². The maximum Gasteiger partial charge on any atom is 0.190 e. The van der Waals surface area contributed by atoms with Crippen LogP contribution in [0.3, 0.4) is 0 Å². The molecule has 2 N–H and O–H groups in total. The largest absolute Gasteiger partial charge is 0.367 e. The van der Waals surface area contributed by atoms with Crippen LogP contribution in [-0.4, -0.2) is 29.8 Å². The molecule has 1 aliphatic rings. The van der Waals surface area contributed by atoms with Crippen molar-refractivity contribution in [2.45, 2.75) is 12.5 Å². The average Bonchev–Trinajstić information content (AvgIpc) is 2.82. The van der Waals surface area contributed by atoms with Gasteiger partial charge in [-0.05, 0) is 12.1 Å². The molecule has 0 saturated heterocycles. The molecule has 1 aliphatic heterocycles. The molecule has 0 aliphatic carbocycles. The van der Waals surface area contributed by atoms with E-state index in [0.717, 1.165) is 0 Å². The summed E-state index contributed by atoms with van der Waals surface area (Å²) in [5.74, 6) is 0. The van der Waals surface area contributed by atoms with Crippen LogP contribution in [0.5, 0.6) is 0 Å². The Hall–Kier alpha value is -1.66. The molecule has 72 valence electrons. The highest BCUT2D eigenvalue weighted by Gasteiger charge is 2.30. The van der Waals surface area contributed by atoms with E-state index < -0.39 is 12.5 Å². The molecule has 2 aromatic rings. The highest BCUT2D eigenvalue weighted by atomic mass is 16.3. The van der Waals surface area contributed by atoms with E-state index in [1.807, 2.05) is 0 Å². The van der Waals surface area contributed by atoms with Crippen LogP contribution in [0, 0.1) is 0 Å². The van der Waals surface area contributed by atoms with Gasteiger partial charge < -0.3 is 10.2 Å². The number of hydrogen-bond donors (Lipinski definition) is 2. The predicted octanol–water partition coefficient (Wildman–Crippen LogP) is -0.529. The topological polar surface area (TPSA) is 76.1 Å². The van der Waals surface area contributed by atoms with Crippen LogP contribution in [0.2, 0.25) is 0 Å². The van der Waals surface area contributed by atoms with Gasteiger partial charge in [-0.1, -0.05) is 0 Å². The Bertz CT molecular complexity index is 394. The van der Waals surface area contributed by atoms with Gasteiger partial charge in [-0.15, -0.1) is 0 Å². The highest BCUT2D eigenvalue weighted by molar-refractivity contribution is 5.17. The van der Waals surface area contributed by atoms with Crippen molar-refractivity contribution in [2.24, 2.45) is 0 Å². The van der Waals surface area contributed by atoms with Gasteiger partial charge in [0, 0.05) is 12.4 Å². The molecule has 0 amide bonds. The van der Waals surface area contributed by atoms with Crippen LogP contribution in [0.1, 0.15) is 23.8 Å². The third kappa shape index (κ3) is 0.765. The molecule has 0 fully saturated rings. The average molecular weight is 192 g/mol. The number of aliphatic hydroxyl groups excluding tert-OH is 2. The SMILES string of the molecule is OC1c2ccnn2C(O)c2ccnn21. The highest BCUT2D eigenvalue weighted by Crippen LogP contribution is 2.28. The molecule has 3 rings (SSSR count). The van der Waals surface area contributed by atoms with E-state index in [-0.39, 0.29) is 0 Å². The molecule has 2 aromatic heterocycles. The van der Waals surface area contributed by atoms with Gasteiger partial charge in [0.1, 0.15) is 0 Å². The van der Waals surface area contributed by atoms with E-state index in [0.29, 0.717) is 11.4 Å². The van der Waals surface area contributed by atoms with E-state index in [2.05, 4.69) is 10.2 Å². The zero-order chi connectivity index (χ0) is 9.71. The summed E-state index contributed by atoms with van der Waals surface area (Å²) in [7, 11) is 0. The normalized spacial score (nSPS) is 24.4. The molecule has 0 spiro atoms. The smallest absolute Gasteiger partial charge is 0.190 e. The summed E-state index contributed by atoms with van der Waals surface area (Å²) in [5.41, 5.74) is 1.07. The summed E-state index contributed by atoms with van der Waals surface area (Å²) in [6.07, 6.45) is 1.33. The molecule has 2 atom stereocenters. The van der Waals surface area contributed by atoms with Crippen molar-refractivity contribution in [3.63, 3.8) is 0 Å². The van der Waals surface area contributed by atoms with Crippen LogP contribution in [-0.2, 0) is 0 Å². The van der Waals surface area contributed by atoms with E-state index in [9.17, 15) is 10.2 Å². The van der Waals surface area contributed by atoms with Crippen molar-refractivity contribution in [1.82, 2.24) is 19.6 Å². The Labute approximate surface area is 79.0 Å². The van der Waals surface area contributed by atoms with Gasteiger partial charge in [0.2, 0.25) is 0 Å². The van der Waals surface area contributed by atoms with E-state index >= 15 is 0 Å². The van der Waals surface area contributed by atoms with E-state index in [1.54, 1.807) is 12.1 Å². The lowest BCUT2D eigenvalue weighted by molar-refractivity contribution is 0.0426. The molecule has 6 nitrogen and oxygen atoms in total. The van der Waals surface area contributed by atoms with Crippen LogP contribution in [0.4, 0.5) is 0 Å². The fourth-order valence-electron chi connectivity index (χ4n) is 1.72. The van der Waals surface area contributed by atoms with Crippen molar-refractivity contribution < 1.29 is 10.2 Å². The van der Waals surface area contributed by atoms with Gasteiger partial charge >= 0.3 is 0 Å². The lowest BCUT2D eigenvalue weighted by atomic mass is 10.2. The summed E-state index contributed by atoms with van der Waals surface area (Å²) < 4.78 is 2.75. The molecule has 14 heavy (non-hydrogen) atoms. The molecule has 0 radical (unpaired) electrons. The first kappa shape index (κ1) is 7.72. The molecular weight excluding hydrogens is 184 g/mol. The van der Waals surface area contributed by atoms with Gasteiger partial charge in [0.15, 0.2) is 12.5 Å². The minimum absolute atomic E-state index is 0.536.